The lowest BCUT2D eigenvalue weighted by Crippen LogP contribution is -2.11. The quantitative estimate of drug-likeness (QED) is 0.363. The summed E-state index contributed by atoms with van der Waals surface area (Å²) in [4.78, 5) is 10.1. The van der Waals surface area contributed by atoms with E-state index in [9.17, 15) is 4.79 Å². The van der Waals surface area contributed by atoms with E-state index >= 15 is 0 Å². The number of carbonyl (C=O) groups is 1. The van der Waals surface area contributed by atoms with Crippen LogP contribution in [0.15, 0.2) is 0 Å². The van der Waals surface area contributed by atoms with Gasteiger partial charge in [-0.1, -0.05) is 0 Å². The van der Waals surface area contributed by atoms with E-state index < -0.39 is 11.2 Å². The molecule has 0 radical (unpaired) electrons. The number of aliphatic hydroxyl groups is 1. The van der Waals surface area contributed by atoms with Crippen molar-refractivity contribution in [3.63, 3.8) is 0 Å². The maximum Gasteiger partial charge on any atom is 0.180 e. The van der Waals surface area contributed by atoms with Crippen LogP contribution in [0.25, 0.3) is 0 Å². The Hall–Kier alpha value is 0.330. The summed E-state index contributed by atoms with van der Waals surface area (Å²) in [7, 11) is 0. The van der Waals surface area contributed by atoms with Crippen molar-refractivity contribution in [2.75, 3.05) is 6.61 Å². The van der Waals surface area contributed by atoms with Gasteiger partial charge in [-0.3, -0.25) is 4.79 Å². The largest absolute Gasteiger partial charge is 0.389 e. The van der Waals surface area contributed by atoms with Gasteiger partial charge in [0.05, 0.1) is 0 Å². The summed E-state index contributed by atoms with van der Waals surface area (Å²) in [5.74, 6) is -0.369. The first-order valence-corrected chi connectivity index (χ1v) is 2.71. The second-order valence-electron chi connectivity index (χ2n) is 0.998. The van der Waals surface area contributed by atoms with Gasteiger partial charge in [-0.2, -0.15) is 25.3 Å². The molecule has 0 fully saturated rings. The van der Waals surface area contributed by atoms with Crippen LogP contribution in [0.4, 0.5) is 0 Å². The number of rotatable bonds is 2. The average Bonchev–Trinajstić information content (AvgIpc) is 1.65. The summed E-state index contributed by atoms with van der Waals surface area (Å²) in [5.41, 5.74) is 0. The molecule has 7 heavy (non-hydrogen) atoms. The monoisotopic (exact) mass is 138 g/mol. The molecule has 0 aromatic rings. The van der Waals surface area contributed by atoms with E-state index in [4.69, 9.17) is 5.11 Å². The molecule has 42 valence electrons. The van der Waals surface area contributed by atoms with E-state index in [-0.39, 0.29) is 5.78 Å². The van der Waals surface area contributed by atoms with Crippen molar-refractivity contribution in [1.29, 1.82) is 0 Å². The molecule has 0 aromatic carbocycles. The van der Waals surface area contributed by atoms with E-state index in [1.165, 1.54) is 0 Å². The minimum absolute atomic E-state index is 0.369. The van der Waals surface area contributed by atoms with Gasteiger partial charge in [0, 0.05) is 0 Å². The number of hydrogen-bond donors (Lipinski definition) is 3. The van der Waals surface area contributed by atoms with Crippen LogP contribution in [0, 0.1) is 0 Å². The maximum atomic E-state index is 10.1. The predicted molar refractivity (Wildman–Crippen MR) is 33.9 cm³/mol. The van der Waals surface area contributed by atoms with Crippen LogP contribution in [0.1, 0.15) is 0 Å². The summed E-state index contributed by atoms with van der Waals surface area (Å²) >= 11 is 7.26. The van der Waals surface area contributed by atoms with E-state index in [1.54, 1.807) is 0 Å². The molecule has 4 heteroatoms. The lowest BCUT2D eigenvalue weighted by atomic mass is 10.5. The SMILES string of the molecule is O=C(CO)C(S)S. The van der Waals surface area contributed by atoms with Gasteiger partial charge in [0.2, 0.25) is 0 Å². The summed E-state index contributed by atoms with van der Waals surface area (Å²) in [6.07, 6.45) is 0. The van der Waals surface area contributed by atoms with Crippen LogP contribution in [0.5, 0.6) is 0 Å². The van der Waals surface area contributed by atoms with Crippen LogP contribution < -0.4 is 0 Å². The van der Waals surface area contributed by atoms with Crippen molar-refractivity contribution in [3.8, 4) is 0 Å². The van der Waals surface area contributed by atoms with Crippen molar-refractivity contribution in [1.82, 2.24) is 0 Å². The molecule has 0 amide bonds. The molecule has 0 spiro atoms. The Morgan fingerprint density at radius 1 is 1.71 bits per heavy atom. The Morgan fingerprint density at radius 3 is 2.14 bits per heavy atom. The van der Waals surface area contributed by atoms with Gasteiger partial charge in [-0.15, -0.1) is 0 Å². The number of carbonyl (C=O) groups excluding carboxylic acids is 1. The van der Waals surface area contributed by atoms with Gasteiger partial charge < -0.3 is 5.11 Å². The van der Waals surface area contributed by atoms with Gasteiger partial charge in [0.15, 0.2) is 5.78 Å². The highest BCUT2D eigenvalue weighted by atomic mass is 32.2. The second-order valence-corrected chi connectivity index (χ2v) is 2.44. The molecule has 0 atom stereocenters. The van der Waals surface area contributed by atoms with Crippen LogP contribution in [-0.2, 0) is 4.79 Å². The van der Waals surface area contributed by atoms with Gasteiger partial charge >= 0.3 is 0 Å². The molecule has 0 aliphatic carbocycles. The molecule has 0 aromatic heterocycles. The zero-order chi connectivity index (χ0) is 5.86. The highest BCUT2D eigenvalue weighted by molar-refractivity contribution is 8.00. The second kappa shape index (κ2) is 3.35. The molecule has 0 saturated heterocycles. The smallest absolute Gasteiger partial charge is 0.180 e. The highest BCUT2D eigenvalue weighted by Gasteiger charge is 2.04. The first-order valence-electron chi connectivity index (χ1n) is 1.68. The summed E-state index contributed by atoms with van der Waals surface area (Å²) in [6, 6.07) is 0. The van der Waals surface area contributed by atoms with Crippen LogP contribution in [0.2, 0.25) is 0 Å². The fraction of sp³-hybridized carbons (Fsp3) is 0.667. The Balaban J connectivity index is 3.35. The van der Waals surface area contributed by atoms with Crippen LogP contribution >= 0.6 is 25.3 Å². The molecule has 2 nitrogen and oxygen atoms in total. The molecule has 0 aliphatic rings. The topological polar surface area (TPSA) is 37.3 Å². The average molecular weight is 138 g/mol. The summed E-state index contributed by atoms with van der Waals surface area (Å²) in [6.45, 7) is -0.475. The van der Waals surface area contributed by atoms with E-state index in [1.807, 2.05) is 0 Å². The highest BCUT2D eigenvalue weighted by Crippen LogP contribution is 1.98. The molecule has 0 rings (SSSR count). The van der Waals surface area contributed by atoms with Gasteiger partial charge in [0.1, 0.15) is 11.2 Å². The fourth-order valence-corrected chi connectivity index (χ4v) is 0.245. The standard InChI is InChI=1S/C3H6O2S2/c4-1-2(5)3(6)7/h3-4,6-7H,1H2. The van der Waals surface area contributed by atoms with E-state index in [0.717, 1.165) is 0 Å². The van der Waals surface area contributed by atoms with Crippen LogP contribution in [-0.4, -0.2) is 22.1 Å². The lowest BCUT2D eigenvalue weighted by molar-refractivity contribution is -0.119. The Bertz CT molecular complexity index is 71.3. The number of hydrogen-bond acceptors (Lipinski definition) is 4. The Morgan fingerprint density at radius 2 is 2.14 bits per heavy atom. The molecular weight excluding hydrogens is 132 g/mol. The van der Waals surface area contributed by atoms with E-state index in [0.29, 0.717) is 0 Å². The number of aliphatic hydroxyl groups excluding tert-OH is 1. The molecule has 0 bridgehead atoms. The minimum atomic E-state index is -0.634. The molecule has 1 N–H and O–H groups in total. The number of thiol groups is 2. The minimum Gasteiger partial charge on any atom is -0.389 e. The van der Waals surface area contributed by atoms with E-state index in [2.05, 4.69) is 25.3 Å². The van der Waals surface area contributed by atoms with Crippen molar-refractivity contribution >= 4 is 31.0 Å². The van der Waals surface area contributed by atoms with Crippen molar-refractivity contribution in [3.05, 3.63) is 0 Å². The van der Waals surface area contributed by atoms with Gasteiger partial charge in [0.25, 0.3) is 0 Å². The third kappa shape index (κ3) is 2.96. The van der Waals surface area contributed by atoms with Gasteiger partial charge in [-0.25, -0.2) is 0 Å². The number of Topliss-reactive ketones (excluding diaryl/α,β-unsaturated/α-hetero) is 1. The lowest BCUT2D eigenvalue weighted by Gasteiger charge is -1.93. The first kappa shape index (κ1) is 7.33. The normalized spacial score (nSPS) is 9.71. The maximum absolute atomic E-state index is 10.1. The fourth-order valence-electron chi connectivity index (χ4n) is 0.0816. The van der Waals surface area contributed by atoms with Crippen molar-refractivity contribution < 1.29 is 9.90 Å². The van der Waals surface area contributed by atoms with Crippen molar-refractivity contribution in [2.24, 2.45) is 0 Å². The third-order valence-corrected chi connectivity index (χ3v) is 1.02. The summed E-state index contributed by atoms with van der Waals surface area (Å²) < 4.78 is -0.634. The Kier molecular flexibility index (Phi) is 3.50. The molecule has 0 unspecified atom stereocenters. The first-order chi connectivity index (χ1) is 3.18. The molecule has 0 aliphatic heterocycles. The van der Waals surface area contributed by atoms with Gasteiger partial charge in [-0.05, 0) is 0 Å². The molecular formula is C3H6O2S2. The molecule has 0 heterocycles. The Labute approximate surface area is 52.7 Å². The zero-order valence-corrected chi connectivity index (χ0v) is 5.32. The number of ketones is 1. The zero-order valence-electron chi connectivity index (χ0n) is 3.53. The third-order valence-electron chi connectivity index (χ3n) is 0.444. The predicted octanol–water partition coefficient (Wildman–Crippen LogP) is -0.267. The summed E-state index contributed by atoms with van der Waals surface area (Å²) in [5, 5.41) is 8.06. The van der Waals surface area contributed by atoms with Crippen molar-refractivity contribution in [2.45, 2.75) is 4.58 Å². The molecule has 0 saturated carbocycles. The van der Waals surface area contributed by atoms with Crippen LogP contribution in [0.3, 0.4) is 0 Å².